The van der Waals surface area contributed by atoms with Gasteiger partial charge in [0.15, 0.2) is 0 Å². The zero-order valence-electron chi connectivity index (χ0n) is 17.1. The second-order valence-electron chi connectivity index (χ2n) is 8.55. The van der Waals surface area contributed by atoms with Crippen LogP contribution in [0.5, 0.6) is 0 Å². The molecule has 2 aromatic carbocycles. The summed E-state index contributed by atoms with van der Waals surface area (Å²) in [6.45, 7) is 6.97. The minimum absolute atomic E-state index is 0.0739. The lowest BCUT2D eigenvalue weighted by Crippen LogP contribution is -2.48. The van der Waals surface area contributed by atoms with Crippen LogP contribution in [0.2, 0.25) is 0 Å². The molecule has 0 saturated carbocycles. The largest absolute Gasteiger partial charge is 0.352 e. The molecule has 1 aliphatic rings. The first-order valence-corrected chi connectivity index (χ1v) is 9.87. The molecule has 29 heavy (non-hydrogen) atoms. The van der Waals surface area contributed by atoms with Crippen molar-refractivity contribution >= 4 is 11.9 Å². The van der Waals surface area contributed by atoms with Crippen LogP contribution >= 0.6 is 0 Å². The first-order chi connectivity index (χ1) is 13.7. The highest BCUT2D eigenvalue weighted by Gasteiger charge is 2.40. The van der Waals surface area contributed by atoms with Crippen molar-refractivity contribution in [1.82, 2.24) is 15.5 Å². The molecule has 0 aliphatic carbocycles. The van der Waals surface area contributed by atoms with Crippen LogP contribution in [0.1, 0.15) is 37.8 Å². The standard InChI is InChI=1S/C23H28FN3O2/c1-23(2,3)26-22(29)27-14-19(17-7-5-4-6-8-17)20(15-27)21(28)25-13-16-9-11-18(24)12-10-16/h4-12,19-20H,13-15H2,1-3H3,(H,25,28)(H,26,29)/t19-,20+/m1/s1. The van der Waals surface area contributed by atoms with E-state index in [2.05, 4.69) is 10.6 Å². The van der Waals surface area contributed by atoms with E-state index in [1.807, 2.05) is 51.1 Å². The number of benzene rings is 2. The van der Waals surface area contributed by atoms with E-state index in [4.69, 9.17) is 0 Å². The minimum atomic E-state index is -0.345. The van der Waals surface area contributed by atoms with Crippen LogP contribution in [-0.2, 0) is 11.3 Å². The van der Waals surface area contributed by atoms with Crippen molar-refractivity contribution in [3.05, 3.63) is 71.5 Å². The maximum atomic E-state index is 13.1. The van der Waals surface area contributed by atoms with Gasteiger partial charge in [0.1, 0.15) is 5.82 Å². The summed E-state index contributed by atoms with van der Waals surface area (Å²) in [5.74, 6) is -0.826. The van der Waals surface area contributed by atoms with E-state index in [0.717, 1.165) is 11.1 Å². The number of likely N-dealkylation sites (tertiary alicyclic amines) is 1. The summed E-state index contributed by atoms with van der Waals surface area (Å²) in [5, 5.41) is 5.92. The lowest BCUT2D eigenvalue weighted by atomic mass is 9.88. The van der Waals surface area contributed by atoms with Crippen LogP contribution in [0.3, 0.4) is 0 Å². The van der Waals surface area contributed by atoms with Gasteiger partial charge in [-0.3, -0.25) is 4.79 Å². The van der Waals surface area contributed by atoms with Crippen molar-refractivity contribution in [3.63, 3.8) is 0 Å². The van der Waals surface area contributed by atoms with Crippen molar-refractivity contribution in [2.75, 3.05) is 13.1 Å². The Labute approximate surface area is 171 Å². The fraction of sp³-hybridized carbons (Fsp3) is 0.391. The molecule has 154 valence electrons. The van der Waals surface area contributed by atoms with Crippen LogP contribution in [0.15, 0.2) is 54.6 Å². The quantitative estimate of drug-likeness (QED) is 0.827. The molecule has 0 aromatic heterocycles. The monoisotopic (exact) mass is 397 g/mol. The van der Waals surface area contributed by atoms with Gasteiger partial charge < -0.3 is 15.5 Å². The Bertz CT molecular complexity index is 847. The Balaban J connectivity index is 1.73. The highest BCUT2D eigenvalue weighted by molar-refractivity contribution is 5.83. The number of nitrogens with one attached hydrogen (secondary N) is 2. The number of halogens is 1. The third kappa shape index (κ3) is 5.56. The van der Waals surface area contributed by atoms with E-state index < -0.39 is 0 Å². The van der Waals surface area contributed by atoms with Gasteiger partial charge >= 0.3 is 6.03 Å². The molecule has 3 amide bonds. The van der Waals surface area contributed by atoms with Crippen LogP contribution in [0, 0.1) is 11.7 Å². The number of nitrogens with zero attached hydrogens (tertiary/aromatic N) is 1. The molecular formula is C23H28FN3O2. The minimum Gasteiger partial charge on any atom is -0.352 e. The number of hydrogen-bond acceptors (Lipinski definition) is 2. The van der Waals surface area contributed by atoms with Gasteiger partial charge in [-0.1, -0.05) is 42.5 Å². The predicted molar refractivity (Wildman–Crippen MR) is 111 cm³/mol. The third-order valence-electron chi connectivity index (χ3n) is 5.03. The molecule has 0 unspecified atom stereocenters. The summed E-state index contributed by atoms with van der Waals surface area (Å²) in [6.07, 6.45) is 0. The number of carbonyl (C=O) groups is 2. The number of carbonyl (C=O) groups excluding carboxylic acids is 2. The van der Waals surface area contributed by atoms with Crippen molar-refractivity contribution in [1.29, 1.82) is 0 Å². The van der Waals surface area contributed by atoms with E-state index in [0.29, 0.717) is 19.6 Å². The van der Waals surface area contributed by atoms with E-state index >= 15 is 0 Å². The highest BCUT2D eigenvalue weighted by atomic mass is 19.1. The van der Waals surface area contributed by atoms with Gasteiger partial charge in [-0.15, -0.1) is 0 Å². The molecule has 2 atom stereocenters. The topological polar surface area (TPSA) is 61.4 Å². The van der Waals surface area contributed by atoms with Gasteiger partial charge in [0.25, 0.3) is 0 Å². The Kier molecular flexibility index (Phi) is 6.20. The Hall–Kier alpha value is -2.89. The van der Waals surface area contributed by atoms with Crippen molar-refractivity contribution in [3.8, 4) is 0 Å². The second kappa shape index (κ2) is 8.64. The summed E-state index contributed by atoms with van der Waals surface area (Å²) in [5.41, 5.74) is 1.53. The Morgan fingerprint density at radius 3 is 2.31 bits per heavy atom. The number of rotatable bonds is 4. The zero-order valence-corrected chi connectivity index (χ0v) is 17.1. The molecule has 3 rings (SSSR count). The predicted octanol–water partition coefficient (Wildman–Crippen LogP) is 3.67. The second-order valence-corrected chi connectivity index (χ2v) is 8.55. The summed E-state index contributed by atoms with van der Waals surface area (Å²) in [6, 6.07) is 15.7. The number of urea groups is 1. The Morgan fingerprint density at radius 1 is 1.03 bits per heavy atom. The Morgan fingerprint density at radius 2 is 1.69 bits per heavy atom. The van der Waals surface area contributed by atoms with Crippen LogP contribution in [-0.4, -0.2) is 35.5 Å². The SMILES string of the molecule is CC(C)(C)NC(=O)N1C[C@H](C(=O)NCc2ccc(F)cc2)[C@@H](c2ccccc2)C1. The average Bonchev–Trinajstić information content (AvgIpc) is 3.12. The maximum absolute atomic E-state index is 13.1. The first-order valence-electron chi connectivity index (χ1n) is 9.87. The first kappa shape index (κ1) is 20.8. The molecule has 2 N–H and O–H groups in total. The zero-order chi connectivity index (χ0) is 21.0. The van der Waals surface area contributed by atoms with Crippen LogP contribution in [0.25, 0.3) is 0 Å². The molecule has 1 fully saturated rings. The highest BCUT2D eigenvalue weighted by Crippen LogP contribution is 2.33. The van der Waals surface area contributed by atoms with E-state index in [1.165, 1.54) is 12.1 Å². The lowest BCUT2D eigenvalue weighted by Gasteiger charge is -2.25. The maximum Gasteiger partial charge on any atom is 0.317 e. The van der Waals surface area contributed by atoms with Crippen LogP contribution < -0.4 is 10.6 Å². The molecule has 6 heteroatoms. The van der Waals surface area contributed by atoms with Crippen molar-refractivity contribution in [2.45, 2.75) is 38.8 Å². The van der Waals surface area contributed by atoms with Crippen LogP contribution in [0.4, 0.5) is 9.18 Å². The molecule has 0 spiro atoms. The van der Waals surface area contributed by atoms with Gasteiger partial charge in [-0.2, -0.15) is 0 Å². The smallest absolute Gasteiger partial charge is 0.317 e. The van der Waals surface area contributed by atoms with Crippen molar-refractivity contribution < 1.29 is 14.0 Å². The molecule has 0 radical (unpaired) electrons. The third-order valence-corrected chi connectivity index (χ3v) is 5.03. The number of hydrogen-bond donors (Lipinski definition) is 2. The van der Waals surface area contributed by atoms with Gasteiger partial charge in [-0.05, 0) is 44.0 Å². The van der Waals surface area contributed by atoms with E-state index in [-0.39, 0.29) is 35.1 Å². The van der Waals surface area contributed by atoms with Crippen molar-refractivity contribution in [2.24, 2.45) is 5.92 Å². The lowest BCUT2D eigenvalue weighted by molar-refractivity contribution is -0.125. The summed E-state index contributed by atoms with van der Waals surface area (Å²) < 4.78 is 13.1. The van der Waals surface area contributed by atoms with Gasteiger partial charge in [0.05, 0.1) is 5.92 Å². The molecule has 5 nitrogen and oxygen atoms in total. The van der Waals surface area contributed by atoms with Gasteiger partial charge in [-0.25, -0.2) is 9.18 Å². The van der Waals surface area contributed by atoms with Gasteiger partial charge in [0, 0.05) is 31.1 Å². The van der Waals surface area contributed by atoms with E-state index in [9.17, 15) is 14.0 Å². The fourth-order valence-corrected chi connectivity index (χ4v) is 3.60. The summed E-state index contributed by atoms with van der Waals surface area (Å²) in [4.78, 5) is 27.4. The molecule has 1 saturated heterocycles. The average molecular weight is 397 g/mol. The molecule has 1 heterocycles. The number of amides is 3. The summed E-state index contributed by atoms with van der Waals surface area (Å²) in [7, 11) is 0. The fourth-order valence-electron chi connectivity index (χ4n) is 3.60. The molecule has 2 aromatic rings. The molecule has 1 aliphatic heterocycles. The molecule has 0 bridgehead atoms. The van der Waals surface area contributed by atoms with Gasteiger partial charge in [0.2, 0.25) is 5.91 Å². The van der Waals surface area contributed by atoms with E-state index in [1.54, 1.807) is 17.0 Å². The summed E-state index contributed by atoms with van der Waals surface area (Å²) >= 11 is 0. The molecular weight excluding hydrogens is 369 g/mol. The normalized spacial score (nSPS) is 19.1.